The highest BCUT2D eigenvalue weighted by molar-refractivity contribution is 7.10. The number of nitrogens with zero attached hydrogens (tertiary/aromatic N) is 1. The molecule has 2 rings (SSSR count). The minimum absolute atomic E-state index is 0.114. The first-order chi connectivity index (χ1) is 9.61. The van der Waals surface area contributed by atoms with Crippen molar-refractivity contribution in [1.82, 2.24) is 5.32 Å². The molecule has 106 valence electrons. The number of likely N-dealkylation sites (N-methyl/N-ethyl adjacent to an activating group) is 1. The number of benzene rings is 1. The van der Waals surface area contributed by atoms with E-state index >= 15 is 0 Å². The zero-order valence-electron chi connectivity index (χ0n) is 11.0. The second kappa shape index (κ2) is 6.83. The van der Waals surface area contributed by atoms with Gasteiger partial charge in [0.15, 0.2) is 0 Å². The van der Waals surface area contributed by atoms with Crippen molar-refractivity contribution in [3.05, 3.63) is 61.3 Å². The van der Waals surface area contributed by atoms with Gasteiger partial charge in [-0.2, -0.15) is 0 Å². The van der Waals surface area contributed by atoms with Crippen LogP contribution in [0.3, 0.4) is 0 Å². The molecule has 1 unspecified atom stereocenters. The molecule has 6 heteroatoms. The molecule has 20 heavy (non-hydrogen) atoms. The van der Waals surface area contributed by atoms with Gasteiger partial charge < -0.3 is 5.32 Å². The largest absolute Gasteiger partial charge is 0.309 e. The molecule has 0 spiro atoms. The van der Waals surface area contributed by atoms with Crippen LogP contribution in [0, 0.1) is 10.1 Å². The molecule has 0 aliphatic carbocycles. The summed E-state index contributed by atoms with van der Waals surface area (Å²) in [5.74, 6) is 0. The van der Waals surface area contributed by atoms with Crippen LogP contribution in [0.25, 0.3) is 0 Å². The molecule has 4 nitrogen and oxygen atoms in total. The zero-order chi connectivity index (χ0) is 14.5. The predicted octanol–water partition coefficient (Wildman–Crippen LogP) is 4.20. The second-order valence-electron chi connectivity index (χ2n) is 4.37. The highest BCUT2D eigenvalue weighted by Crippen LogP contribution is 2.31. The van der Waals surface area contributed by atoms with E-state index in [0.29, 0.717) is 0 Å². The van der Waals surface area contributed by atoms with Crippen LogP contribution in [-0.4, -0.2) is 11.5 Å². The van der Waals surface area contributed by atoms with Crippen molar-refractivity contribution in [3.8, 4) is 0 Å². The van der Waals surface area contributed by atoms with E-state index in [1.165, 1.54) is 12.1 Å². The van der Waals surface area contributed by atoms with Crippen LogP contribution < -0.4 is 5.32 Å². The van der Waals surface area contributed by atoms with Crippen LogP contribution in [0.1, 0.15) is 23.4 Å². The lowest BCUT2D eigenvalue weighted by atomic mass is 10.0. The smallest absolute Gasteiger partial charge is 0.269 e. The van der Waals surface area contributed by atoms with Gasteiger partial charge in [0.25, 0.3) is 5.69 Å². The van der Waals surface area contributed by atoms with Gasteiger partial charge in [-0.05, 0) is 30.0 Å². The summed E-state index contributed by atoms with van der Waals surface area (Å²) in [5.41, 5.74) is 1.16. The van der Waals surface area contributed by atoms with Crippen LogP contribution >= 0.6 is 22.9 Å². The molecular formula is C14H15ClN2O2S. The minimum atomic E-state index is -0.387. The molecule has 1 aromatic carbocycles. The molecule has 0 amide bonds. The third-order valence-corrected chi connectivity index (χ3v) is 4.47. The lowest BCUT2D eigenvalue weighted by molar-refractivity contribution is -0.384. The number of nitro groups is 1. The number of halogens is 1. The van der Waals surface area contributed by atoms with Crippen molar-refractivity contribution in [2.75, 3.05) is 6.54 Å². The summed E-state index contributed by atoms with van der Waals surface area (Å²) in [6, 6.07) is 8.69. The Morgan fingerprint density at radius 1 is 1.35 bits per heavy atom. The number of hydrogen-bond donors (Lipinski definition) is 1. The molecule has 0 fully saturated rings. The van der Waals surface area contributed by atoms with Crippen molar-refractivity contribution in [3.63, 3.8) is 0 Å². The van der Waals surface area contributed by atoms with Crippen LogP contribution in [0.5, 0.6) is 0 Å². The van der Waals surface area contributed by atoms with Gasteiger partial charge in [0.05, 0.1) is 9.95 Å². The number of thiophene rings is 1. The van der Waals surface area contributed by atoms with Crippen LogP contribution in [0.4, 0.5) is 5.69 Å². The van der Waals surface area contributed by atoms with Crippen molar-refractivity contribution < 1.29 is 4.92 Å². The predicted molar refractivity (Wildman–Crippen MR) is 82.5 cm³/mol. The summed E-state index contributed by atoms with van der Waals surface area (Å²) in [7, 11) is 0. The number of nitro benzene ring substituents is 1. The fourth-order valence-electron chi connectivity index (χ4n) is 2.05. The summed E-state index contributed by atoms with van der Waals surface area (Å²) in [4.78, 5) is 11.4. The van der Waals surface area contributed by atoms with Gasteiger partial charge in [0, 0.05) is 23.1 Å². The van der Waals surface area contributed by atoms with Gasteiger partial charge >= 0.3 is 0 Å². The van der Waals surface area contributed by atoms with E-state index in [1.807, 2.05) is 18.4 Å². The Morgan fingerprint density at radius 2 is 2.05 bits per heavy atom. The maximum Gasteiger partial charge on any atom is 0.269 e. The summed E-state index contributed by atoms with van der Waals surface area (Å²) >= 11 is 7.81. The number of rotatable bonds is 6. The third-order valence-electron chi connectivity index (χ3n) is 3.00. The van der Waals surface area contributed by atoms with Crippen LogP contribution in [0.15, 0.2) is 35.7 Å². The molecule has 0 bridgehead atoms. The highest BCUT2D eigenvalue weighted by atomic mass is 35.5. The van der Waals surface area contributed by atoms with Gasteiger partial charge in [-0.3, -0.25) is 10.1 Å². The topological polar surface area (TPSA) is 55.2 Å². The van der Waals surface area contributed by atoms with E-state index in [2.05, 4.69) is 5.32 Å². The van der Waals surface area contributed by atoms with Crippen molar-refractivity contribution in [2.45, 2.75) is 19.4 Å². The standard InChI is InChI=1S/C14H15ClN2O2S/c1-2-16-13(14-12(15)7-8-20-14)9-10-3-5-11(6-4-10)17(18)19/h3-8,13,16H,2,9H2,1H3. The summed E-state index contributed by atoms with van der Waals surface area (Å²) in [6.45, 7) is 2.89. The Labute approximate surface area is 126 Å². The number of non-ortho nitro benzene ring substituents is 1. The zero-order valence-corrected chi connectivity index (χ0v) is 12.6. The van der Waals surface area contributed by atoms with E-state index in [9.17, 15) is 10.1 Å². The van der Waals surface area contributed by atoms with Crippen LogP contribution in [0.2, 0.25) is 5.02 Å². The highest BCUT2D eigenvalue weighted by Gasteiger charge is 2.16. The third kappa shape index (κ3) is 3.56. The summed E-state index contributed by atoms with van der Waals surface area (Å²) in [6.07, 6.45) is 0.756. The lowest BCUT2D eigenvalue weighted by Gasteiger charge is -2.17. The lowest BCUT2D eigenvalue weighted by Crippen LogP contribution is -2.22. The Morgan fingerprint density at radius 3 is 2.55 bits per heavy atom. The van der Waals surface area contributed by atoms with E-state index in [4.69, 9.17) is 11.6 Å². The van der Waals surface area contributed by atoms with Crippen molar-refractivity contribution in [1.29, 1.82) is 0 Å². The van der Waals surface area contributed by atoms with Crippen LogP contribution in [-0.2, 0) is 6.42 Å². The molecule has 0 saturated heterocycles. The average molecular weight is 311 g/mol. The molecule has 1 N–H and O–H groups in total. The van der Waals surface area contributed by atoms with Crippen molar-refractivity contribution >= 4 is 28.6 Å². The van der Waals surface area contributed by atoms with E-state index in [-0.39, 0.29) is 16.7 Å². The molecule has 0 aliphatic rings. The first kappa shape index (κ1) is 15.0. The first-order valence-electron chi connectivity index (χ1n) is 6.31. The Balaban J connectivity index is 2.16. The average Bonchev–Trinajstić information content (AvgIpc) is 2.85. The number of nitrogens with one attached hydrogen (secondary N) is 1. The Bertz CT molecular complexity index is 583. The van der Waals surface area contributed by atoms with Gasteiger partial charge in [0.2, 0.25) is 0 Å². The van der Waals surface area contributed by atoms with Gasteiger partial charge in [0.1, 0.15) is 0 Å². The Hall–Kier alpha value is -1.43. The second-order valence-corrected chi connectivity index (χ2v) is 5.73. The molecule has 0 saturated carbocycles. The normalized spacial score (nSPS) is 12.3. The van der Waals surface area contributed by atoms with Gasteiger partial charge in [-0.25, -0.2) is 0 Å². The van der Waals surface area contributed by atoms with Crippen molar-refractivity contribution in [2.24, 2.45) is 0 Å². The molecule has 2 aromatic rings. The quantitative estimate of drug-likeness (QED) is 0.642. The molecular weight excluding hydrogens is 296 g/mol. The molecule has 1 atom stereocenters. The van der Waals surface area contributed by atoms with Gasteiger partial charge in [-0.15, -0.1) is 11.3 Å². The molecule has 0 aliphatic heterocycles. The summed E-state index contributed by atoms with van der Waals surface area (Å²) < 4.78 is 0. The number of hydrogen-bond acceptors (Lipinski definition) is 4. The fourth-order valence-corrected chi connectivity index (χ4v) is 3.31. The maximum absolute atomic E-state index is 10.6. The minimum Gasteiger partial charge on any atom is -0.309 e. The molecule has 1 heterocycles. The van der Waals surface area contributed by atoms with E-state index in [1.54, 1.807) is 23.5 Å². The molecule has 0 radical (unpaired) electrons. The van der Waals surface area contributed by atoms with E-state index in [0.717, 1.165) is 28.4 Å². The molecule has 1 aromatic heterocycles. The Kier molecular flexibility index (Phi) is 5.11. The van der Waals surface area contributed by atoms with Gasteiger partial charge in [-0.1, -0.05) is 30.7 Å². The summed E-state index contributed by atoms with van der Waals surface area (Å²) in [5, 5.41) is 16.8. The SMILES string of the molecule is CCNC(Cc1ccc([N+](=O)[O-])cc1)c1sccc1Cl. The van der Waals surface area contributed by atoms with E-state index < -0.39 is 0 Å². The maximum atomic E-state index is 10.6. The first-order valence-corrected chi connectivity index (χ1v) is 7.57. The monoisotopic (exact) mass is 310 g/mol. The fraction of sp³-hybridized carbons (Fsp3) is 0.286.